The molecule has 0 radical (unpaired) electrons. The highest BCUT2D eigenvalue weighted by molar-refractivity contribution is 6.24. The van der Waals surface area contributed by atoms with E-state index in [0.717, 1.165) is 55.3 Å². The van der Waals surface area contributed by atoms with Gasteiger partial charge in [-0.2, -0.15) is 0 Å². The van der Waals surface area contributed by atoms with Gasteiger partial charge in [-0.1, -0.05) is 164 Å². The van der Waals surface area contributed by atoms with Crippen molar-refractivity contribution >= 4 is 54.3 Å². The molecule has 11 aromatic rings. The van der Waals surface area contributed by atoms with Gasteiger partial charge in [-0.15, -0.1) is 0 Å². The predicted molar refractivity (Wildman–Crippen MR) is 227 cm³/mol. The Morgan fingerprint density at radius 2 is 0.891 bits per heavy atom. The largest absolute Gasteiger partial charge is 0.456 e. The van der Waals surface area contributed by atoms with Crippen LogP contribution >= 0.6 is 0 Å². The quantitative estimate of drug-likeness (QED) is 0.168. The Morgan fingerprint density at radius 1 is 0.291 bits per heavy atom. The number of nitrogens with zero attached hydrogens (tertiary/aromatic N) is 3. The van der Waals surface area contributed by atoms with Crippen molar-refractivity contribution in [3.63, 3.8) is 0 Å². The van der Waals surface area contributed by atoms with E-state index < -0.39 is 0 Å². The maximum atomic E-state index is 6.27. The van der Waals surface area contributed by atoms with E-state index >= 15 is 0 Å². The number of benzene rings is 9. The SMILES string of the molecule is c1ccc(-c2cccc(-c3nc(-c4ccc(-c5cc6ccccc6c6c5ccc5ccccc56)cc4)nc(-c4cccc5oc6ccccc6c45)n3)c2)cc1. The maximum Gasteiger partial charge on any atom is 0.164 e. The fraction of sp³-hybridized carbons (Fsp3) is 0. The van der Waals surface area contributed by atoms with E-state index in [1.165, 1.54) is 37.9 Å². The number of para-hydroxylation sites is 1. The van der Waals surface area contributed by atoms with Crippen LogP contribution in [-0.4, -0.2) is 15.0 Å². The lowest BCUT2D eigenvalue weighted by molar-refractivity contribution is 0.669. The number of rotatable bonds is 5. The molecule has 55 heavy (non-hydrogen) atoms. The first-order valence-electron chi connectivity index (χ1n) is 18.5. The lowest BCUT2D eigenvalue weighted by Gasteiger charge is -2.14. The zero-order valence-corrected chi connectivity index (χ0v) is 29.6. The first kappa shape index (κ1) is 31.1. The summed E-state index contributed by atoms with van der Waals surface area (Å²) in [6.45, 7) is 0. The first-order chi connectivity index (χ1) is 27.2. The van der Waals surface area contributed by atoms with Crippen molar-refractivity contribution in [2.75, 3.05) is 0 Å². The van der Waals surface area contributed by atoms with Crippen LogP contribution in [0.2, 0.25) is 0 Å². The van der Waals surface area contributed by atoms with Gasteiger partial charge >= 0.3 is 0 Å². The Balaban J connectivity index is 1.09. The highest BCUT2D eigenvalue weighted by Gasteiger charge is 2.19. The summed E-state index contributed by atoms with van der Waals surface area (Å²) < 4.78 is 6.27. The number of hydrogen-bond acceptors (Lipinski definition) is 4. The van der Waals surface area contributed by atoms with E-state index in [-0.39, 0.29) is 0 Å². The molecule has 0 unspecified atom stereocenters. The number of hydrogen-bond donors (Lipinski definition) is 0. The molecule has 0 fully saturated rings. The van der Waals surface area contributed by atoms with Gasteiger partial charge in [0.15, 0.2) is 17.5 Å². The van der Waals surface area contributed by atoms with Gasteiger partial charge in [-0.3, -0.25) is 0 Å². The van der Waals surface area contributed by atoms with Crippen molar-refractivity contribution in [3.8, 4) is 56.4 Å². The lowest BCUT2D eigenvalue weighted by Crippen LogP contribution is -2.00. The van der Waals surface area contributed by atoms with Gasteiger partial charge in [0.1, 0.15) is 11.2 Å². The lowest BCUT2D eigenvalue weighted by atomic mass is 9.90. The van der Waals surface area contributed by atoms with Crippen LogP contribution in [-0.2, 0) is 0 Å². The van der Waals surface area contributed by atoms with Gasteiger partial charge in [0.2, 0.25) is 0 Å². The minimum atomic E-state index is 0.596. The molecule has 0 atom stereocenters. The van der Waals surface area contributed by atoms with Crippen molar-refractivity contribution in [2.24, 2.45) is 0 Å². The average Bonchev–Trinajstić information content (AvgIpc) is 3.65. The molecule has 0 saturated heterocycles. The van der Waals surface area contributed by atoms with E-state index in [1.54, 1.807) is 0 Å². The summed E-state index contributed by atoms with van der Waals surface area (Å²) in [5.74, 6) is 1.81. The molecule has 2 aromatic heterocycles. The molecule has 11 rings (SSSR count). The van der Waals surface area contributed by atoms with Crippen molar-refractivity contribution in [1.82, 2.24) is 15.0 Å². The molecule has 0 aliphatic carbocycles. The normalized spacial score (nSPS) is 11.6. The zero-order chi connectivity index (χ0) is 36.3. The van der Waals surface area contributed by atoms with Crippen LogP contribution in [0, 0.1) is 0 Å². The van der Waals surface area contributed by atoms with Gasteiger partial charge in [0.05, 0.1) is 0 Å². The summed E-state index contributed by atoms with van der Waals surface area (Å²) in [5, 5.41) is 9.51. The van der Waals surface area contributed by atoms with Gasteiger partial charge in [-0.05, 0) is 78.8 Å². The molecule has 2 heterocycles. The van der Waals surface area contributed by atoms with Crippen LogP contribution in [0.25, 0.3) is 111 Å². The fourth-order valence-electron chi connectivity index (χ4n) is 8.09. The van der Waals surface area contributed by atoms with Gasteiger partial charge < -0.3 is 4.42 Å². The number of furan rings is 1. The summed E-state index contributed by atoms with van der Waals surface area (Å²) in [4.78, 5) is 15.5. The maximum absolute atomic E-state index is 6.27. The molecule has 0 saturated carbocycles. The summed E-state index contributed by atoms with van der Waals surface area (Å²) >= 11 is 0. The Labute approximate surface area is 317 Å². The second-order valence-corrected chi connectivity index (χ2v) is 14.0. The molecular formula is C51H31N3O. The van der Waals surface area contributed by atoms with Crippen LogP contribution in [0.4, 0.5) is 0 Å². The van der Waals surface area contributed by atoms with Gasteiger partial charge in [0.25, 0.3) is 0 Å². The number of aromatic nitrogens is 3. The molecule has 0 bridgehead atoms. The third kappa shape index (κ3) is 5.26. The highest BCUT2D eigenvalue weighted by Crippen LogP contribution is 2.40. The summed E-state index contributed by atoms with van der Waals surface area (Å²) in [5.41, 5.74) is 8.93. The molecule has 9 aromatic carbocycles. The summed E-state index contributed by atoms with van der Waals surface area (Å²) in [7, 11) is 0. The van der Waals surface area contributed by atoms with Crippen molar-refractivity contribution in [1.29, 1.82) is 0 Å². The molecular weight excluding hydrogens is 671 g/mol. The molecule has 0 aliphatic heterocycles. The van der Waals surface area contributed by atoms with Crippen LogP contribution in [0.1, 0.15) is 0 Å². The third-order valence-corrected chi connectivity index (χ3v) is 10.7. The standard InChI is InChI=1S/C51H31N3O/c1-2-12-32(13-3-1)36-16-10-17-38(30-36)50-52-49(53-51(54-50)43-21-11-23-46-48(43)42-20-8-9-22-45(42)55-46)35-26-24-34(25-27-35)44-31-37-15-5-7-19-40(37)47-39-18-6-4-14-33(39)28-29-41(44)47/h1-31H. The van der Waals surface area contributed by atoms with Crippen LogP contribution in [0.3, 0.4) is 0 Å². The summed E-state index contributed by atoms with van der Waals surface area (Å²) in [6.07, 6.45) is 0. The minimum Gasteiger partial charge on any atom is -0.456 e. The molecule has 0 aliphatic rings. The van der Waals surface area contributed by atoms with Crippen molar-refractivity contribution < 1.29 is 4.42 Å². The molecule has 0 spiro atoms. The van der Waals surface area contributed by atoms with Crippen LogP contribution in [0.5, 0.6) is 0 Å². The molecule has 0 amide bonds. The third-order valence-electron chi connectivity index (χ3n) is 10.7. The topological polar surface area (TPSA) is 51.8 Å². The molecule has 4 nitrogen and oxygen atoms in total. The molecule has 0 N–H and O–H groups in total. The molecule has 256 valence electrons. The van der Waals surface area contributed by atoms with E-state index in [2.05, 4.69) is 152 Å². The Hall–Kier alpha value is -7.43. The van der Waals surface area contributed by atoms with Crippen LogP contribution in [0.15, 0.2) is 192 Å². The number of fused-ring (bicyclic) bond motifs is 8. The van der Waals surface area contributed by atoms with E-state index in [9.17, 15) is 0 Å². The average molecular weight is 702 g/mol. The van der Waals surface area contributed by atoms with E-state index in [0.29, 0.717) is 17.5 Å². The monoisotopic (exact) mass is 701 g/mol. The predicted octanol–water partition coefficient (Wildman–Crippen LogP) is 13.6. The Morgan fingerprint density at radius 3 is 1.73 bits per heavy atom. The van der Waals surface area contributed by atoms with Gasteiger partial charge in [-0.25, -0.2) is 15.0 Å². The van der Waals surface area contributed by atoms with Crippen LogP contribution < -0.4 is 0 Å². The second-order valence-electron chi connectivity index (χ2n) is 14.0. The second kappa shape index (κ2) is 12.6. The Bertz CT molecular complexity index is 3240. The fourth-order valence-corrected chi connectivity index (χ4v) is 8.09. The minimum absolute atomic E-state index is 0.596. The smallest absolute Gasteiger partial charge is 0.164 e. The van der Waals surface area contributed by atoms with Crippen molar-refractivity contribution in [3.05, 3.63) is 188 Å². The first-order valence-corrected chi connectivity index (χ1v) is 18.5. The van der Waals surface area contributed by atoms with Crippen molar-refractivity contribution in [2.45, 2.75) is 0 Å². The van der Waals surface area contributed by atoms with E-state index in [4.69, 9.17) is 19.4 Å². The molecule has 4 heteroatoms. The zero-order valence-electron chi connectivity index (χ0n) is 29.6. The van der Waals surface area contributed by atoms with Gasteiger partial charge in [0, 0.05) is 27.5 Å². The van der Waals surface area contributed by atoms with E-state index in [1.807, 2.05) is 36.4 Å². The highest BCUT2D eigenvalue weighted by atomic mass is 16.3. The summed E-state index contributed by atoms with van der Waals surface area (Å²) in [6, 6.07) is 65.8. The Kier molecular flexibility index (Phi) is 7.14.